The zero-order valence-corrected chi connectivity index (χ0v) is 12.7. The van der Waals surface area contributed by atoms with Crippen molar-refractivity contribution in [1.82, 2.24) is 0 Å². The second-order valence-corrected chi connectivity index (χ2v) is 6.53. The lowest BCUT2D eigenvalue weighted by Crippen LogP contribution is -2.38. The average molecular weight is 248 g/mol. The van der Waals surface area contributed by atoms with Crippen molar-refractivity contribution in [2.24, 2.45) is 11.1 Å². The standard InChI is InChI=1S/C16H28N2/c1-12-9-13(2)11-14(10-12)18(6)8-7-15(17)16(3,4)5/h9-11,15H,7-8,17H2,1-6H3. The molecular weight excluding hydrogens is 220 g/mol. The van der Waals surface area contributed by atoms with Crippen molar-refractivity contribution in [1.29, 1.82) is 0 Å². The summed E-state index contributed by atoms with van der Waals surface area (Å²) in [6.07, 6.45) is 1.02. The molecule has 0 aliphatic rings. The van der Waals surface area contributed by atoms with Gasteiger partial charge in [0.05, 0.1) is 0 Å². The van der Waals surface area contributed by atoms with Crippen LogP contribution >= 0.6 is 0 Å². The van der Waals surface area contributed by atoms with Gasteiger partial charge in [-0.3, -0.25) is 0 Å². The Morgan fingerprint density at radius 2 is 1.61 bits per heavy atom. The van der Waals surface area contributed by atoms with Crippen LogP contribution in [0.4, 0.5) is 5.69 Å². The van der Waals surface area contributed by atoms with Gasteiger partial charge in [0.15, 0.2) is 0 Å². The van der Waals surface area contributed by atoms with E-state index in [4.69, 9.17) is 5.73 Å². The van der Waals surface area contributed by atoms with Gasteiger partial charge in [0.25, 0.3) is 0 Å². The van der Waals surface area contributed by atoms with Gasteiger partial charge in [0.2, 0.25) is 0 Å². The van der Waals surface area contributed by atoms with Crippen LogP contribution in [0.15, 0.2) is 18.2 Å². The van der Waals surface area contributed by atoms with E-state index < -0.39 is 0 Å². The molecule has 0 bridgehead atoms. The highest BCUT2D eigenvalue weighted by Gasteiger charge is 2.20. The molecule has 1 unspecified atom stereocenters. The van der Waals surface area contributed by atoms with Crippen LogP contribution in [-0.4, -0.2) is 19.6 Å². The maximum atomic E-state index is 6.21. The van der Waals surface area contributed by atoms with E-state index in [2.05, 4.69) is 64.8 Å². The molecule has 1 aromatic rings. The van der Waals surface area contributed by atoms with Crippen LogP contribution < -0.4 is 10.6 Å². The van der Waals surface area contributed by atoms with E-state index in [-0.39, 0.29) is 11.5 Å². The van der Waals surface area contributed by atoms with E-state index >= 15 is 0 Å². The van der Waals surface area contributed by atoms with Gasteiger partial charge in [-0.05, 0) is 48.9 Å². The minimum absolute atomic E-state index is 0.184. The van der Waals surface area contributed by atoms with Crippen LogP contribution in [0.5, 0.6) is 0 Å². The predicted octanol–water partition coefficient (Wildman–Crippen LogP) is 3.50. The molecule has 0 fully saturated rings. The zero-order chi connectivity index (χ0) is 13.9. The molecule has 0 saturated carbocycles. The third-order valence-corrected chi connectivity index (χ3v) is 3.54. The SMILES string of the molecule is Cc1cc(C)cc(N(C)CCC(N)C(C)(C)C)c1. The third kappa shape index (κ3) is 4.34. The lowest BCUT2D eigenvalue weighted by atomic mass is 9.85. The van der Waals surface area contributed by atoms with Crippen molar-refractivity contribution in [2.75, 3.05) is 18.5 Å². The molecular formula is C16H28N2. The second kappa shape index (κ2) is 5.75. The van der Waals surface area contributed by atoms with Gasteiger partial charge in [-0.15, -0.1) is 0 Å². The van der Waals surface area contributed by atoms with E-state index in [0.29, 0.717) is 0 Å². The Balaban J connectivity index is 2.63. The highest BCUT2D eigenvalue weighted by Crippen LogP contribution is 2.22. The summed E-state index contributed by atoms with van der Waals surface area (Å²) >= 11 is 0. The van der Waals surface area contributed by atoms with Gasteiger partial charge < -0.3 is 10.6 Å². The highest BCUT2D eigenvalue weighted by atomic mass is 15.1. The van der Waals surface area contributed by atoms with Gasteiger partial charge in [0, 0.05) is 25.3 Å². The fourth-order valence-corrected chi connectivity index (χ4v) is 2.07. The molecule has 0 heterocycles. The first-order chi connectivity index (χ1) is 8.20. The molecule has 1 aromatic carbocycles. The number of nitrogens with two attached hydrogens (primary N) is 1. The molecule has 102 valence electrons. The summed E-state index contributed by atoms with van der Waals surface area (Å²) in [6, 6.07) is 6.91. The minimum atomic E-state index is 0.184. The molecule has 1 atom stereocenters. The first-order valence-corrected chi connectivity index (χ1v) is 6.75. The predicted molar refractivity (Wildman–Crippen MR) is 81.2 cm³/mol. The maximum Gasteiger partial charge on any atom is 0.0368 e. The molecule has 0 radical (unpaired) electrons. The molecule has 2 N–H and O–H groups in total. The number of nitrogens with zero attached hydrogens (tertiary/aromatic N) is 1. The number of benzene rings is 1. The highest BCUT2D eigenvalue weighted by molar-refractivity contribution is 5.50. The molecule has 0 spiro atoms. The van der Waals surface area contributed by atoms with E-state index in [1.165, 1.54) is 16.8 Å². The molecule has 0 saturated heterocycles. The Morgan fingerprint density at radius 3 is 2.06 bits per heavy atom. The van der Waals surface area contributed by atoms with E-state index in [9.17, 15) is 0 Å². The summed E-state index contributed by atoms with van der Waals surface area (Å²) in [5.41, 5.74) is 10.3. The fraction of sp³-hybridized carbons (Fsp3) is 0.625. The topological polar surface area (TPSA) is 29.3 Å². The Labute approximate surface area is 112 Å². The Kier molecular flexibility index (Phi) is 4.80. The second-order valence-electron chi connectivity index (χ2n) is 6.53. The van der Waals surface area contributed by atoms with Crippen LogP contribution in [0.25, 0.3) is 0 Å². The van der Waals surface area contributed by atoms with Crippen molar-refractivity contribution in [3.8, 4) is 0 Å². The van der Waals surface area contributed by atoms with Crippen LogP contribution in [0, 0.1) is 19.3 Å². The average Bonchev–Trinajstić information content (AvgIpc) is 2.22. The quantitative estimate of drug-likeness (QED) is 0.883. The third-order valence-electron chi connectivity index (χ3n) is 3.54. The lowest BCUT2D eigenvalue weighted by molar-refractivity contribution is 0.308. The van der Waals surface area contributed by atoms with Crippen LogP contribution in [0.2, 0.25) is 0 Å². The van der Waals surface area contributed by atoms with Gasteiger partial charge in [-0.25, -0.2) is 0 Å². The molecule has 18 heavy (non-hydrogen) atoms. The summed E-state index contributed by atoms with van der Waals surface area (Å²) < 4.78 is 0. The van der Waals surface area contributed by atoms with E-state index in [0.717, 1.165) is 13.0 Å². The molecule has 2 nitrogen and oxygen atoms in total. The lowest BCUT2D eigenvalue weighted by Gasteiger charge is -2.29. The molecule has 0 aromatic heterocycles. The molecule has 1 rings (SSSR count). The van der Waals surface area contributed by atoms with Gasteiger partial charge in [0.1, 0.15) is 0 Å². The van der Waals surface area contributed by atoms with Crippen molar-refractivity contribution >= 4 is 5.69 Å². The monoisotopic (exact) mass is 248 g/mol. The normalized spacial score (nSPS) is 13.5. The molecule has 2 heteroatoms. The van der Waals surface area contributed by atoms with Gasteiger partial charge in [-0.2, -0.15) is 0 Å². The van der Waals surface area contributed by atoms with Crippen LogP contribution in [0.3, 0.4) is 0 Å². The Bertz CT molecular complexity index is 370. The largest absolute Gasteiger partial charge is 0.375 e. The summed E-state index contributed by atoms with van der Waals surface area (Å²) in [5, 5.41) is 0. The van der Waals surface area contributed by atoms with Gasteiger partial charge >= 0.3 is 0 Å². The zero-order valence-electron chi connectivity index (χ0n) is 12.7. The van der Waals surface area contributed by atoms with Crippen LogP contribution in [-0.2, 0) is 0 Å². The van der Waals surface area contributed by atoms with Crippen molar-refractivity contribution in [2.45, 2.75) is 47.1 Å². The van der Waals surface area contributed by atoms with Crippen LogP contribution in [0.1, 0.15) is 38.3 Å². The summed E-state index contributed by atoms with van der Waals surface area (Å²) in [5.74, 6) is 0. The van der Waals surface area contributed by atoms with Crippen molar-refractivity contribution < 1.29 is 0 Å². The fourth-order valence-electron chi connectivity index (χ4n) is 2.07. The smallest absolute Gasteiger partial charge is 0.0368 e. The van der Waals surface area contributed by atoms with Crippen molar-refractivity contribution in [3.63, 3.8) is 0 Å². The van der Waals surface area contributed by atoms with E-state index in [1.807, 2.05) is 0 Å². The number of hydrogen-bond acceptors (Lipinski definition) is 2. The minimum Gasteiger partial charge on any atom is -0.375 e. The molecule has 0 aliphatic carbocycles. The number of rotatable bonds is 4. The summed E-state index contributed by atoms with van der Waals surface area (Å²) in [4.78, 5) is 2.30. The van der Waals surface area contributed by atoms with Gasteiger partial charge in [-0.1, -0.05) is 26.8 Å². The first-order valence-electron chi connectivity index (χ1n) is 6.75. The molecule has 0 aliphatic heterocycles. The molecule has 0 amide bonds. The Morgan fingerprint density at radius 1 is 1.11 bits per heavy atom. The Hall–Kier alpha value is -1.02. The maximum absolute atomic E-state index is 6.21. The first kappa shape index (κ1) is 15.0. The number of aryl methyl sites for hydroxylation is 2. The number of anilines is 1. The van der Waals surface area contributed by atoms with E-state index in [1.54, 1.807) is 0 Å². The number of hydrogen-bond donors (Lipinski definition) is 1. The summed E-state index contributed by atoms with van der Waals surface area (Å²) in [6.45, 7) is 11.9. The van der Waals surface area contributed by atoms with Crippen molar-refractivity contribution in [3.05, 3.63) is 29.3 Å². The summed E-state index contributed by atoms with van der Waals surface area (Å²) in [7, 11) is 2.14.